The van der Waals surface area contributed by atoms with Crippen LogP contribution in [0.1, 0.15) is 12.5 Å². The topological polar surface area (TPSA) is 35.5 Å². The molecule has 0 saturated heterocycles. The van der Waals surface area contributed by atoms with E-state index in [1.165, 1.54) is 0 Å². The maximum absolute atomic E-state index is 11.3. The highest BCUT2D eigenvalue weighted by Gasteiger charge is 2.32. The van der Waals surface area contributed by atoms with E-state index in [0.717, 1.165) is 6.08 Å². The molecule has 0 fully saturated rings. The van der Waals surface area contributed by atoms with Crippen LogP contribution in [0.3, 0.4) is 0 Å². The van der Waals surface area contributed by atoms with Gasteiger partial charge in [0.1, 0.15) is 5.75 Å². The molecule has 0 radical (unpaired) electrons. The predicted octanol–water partition coefficient (Wildman–Crippen LogP) is 4.48. The normalized spacial score (nSPS) is 10.9. The minimum Gasteiger partial charge on any atom is -0.493 e. The highest BCUT2D eigenvalue weighted by Crippen LogP contribution is 2.45. The molecular weight excluding hydrogens is 432 g/mol. The fourth-order valence-electron chi connectivity index (χ4n) is 1.23. The summed E-state index contributed by atoms with van der Waals surface area (Å²) in [6.07, 6.45) is 1.09. The van der Waals surface area contributed by atoms with Crippen molar-refractivity contribution in [3.8, 4) is 5.75 Å². The summed E-state index contributed by atoms with van der Waals surface area (Å²) in [5.74, 6) is 0.130. The number of carbonyl (C=O) groups is 1. The first kappa shape index (κ1) is 15.7. The number of alkyl halides is 2. The van der Waals surface area contributed by atoms with Gasteiger partial charge >= 0.3 is 5.97 Å². The number of benzene rings is 1. The number of hydrogen-bond donors (Lipinski definition) is 0. The molecule has 0 heterocycles. The molecule has 0 amide bonds. The van der Waals surface area contributed by atoms with Gasteiger partial charge < -0.3 is 9.47 Å². The summed E-state index contributed by atoms with van der Waals surface area (Å²) in [6.45, 7) is 5.80. The van der Waals surface area contributed by atoms with Crippen LogP contribution in [0.15, 0.2) is 35.3 Å². The second-order valence-corrected chi connectivity index (χ2v) is 7.28. The fraction of sp³-hybridized carbons (Fsp3) is 0.250. The van der Waals surface area contributed by atoms with E-state index in [-0.39, 0.29) is 0 Å². The van der Waals surface area contributed by atoms with Gasteiger partial charge in [-0.25, -0.2) is 4.79 Å². The van der Waals surface area contributed by atoms with E-state index in [2.05, 4.69) is 54.4 Å². The van der Waals surface area contributed by atoms with Gasteiger partial charge in [-0.15, -0.1) is 0 Å². The zero-order chi connectivity index (χ0) is 13.8. The minimum atomic E-state index is -1.13. The van der Waals surface area contributed by atoms with Gasteiger partial charge in [0.2, 0.25) is 3.42 Å². The number of halogens is 3. The molecule has 0 bridgehead atoms. The van der Waals surface area contributed by atoms with Crippen LogP contribution in [0, 0.1) is 0 Å². The molecule has 0 saturated carbocycles. The van der Waals surface area contributed by atoms with Crippen molar-refractivity contribution in [2.75, 3.05) is 6.61 Å². The number of hydrogen-bond acceptors (Lipinski definition) is 3. The molecule has 1 rings (SSSR count). The fourth-order valence-corrected chi connectivity index (χ4v) is 3.40. The molecule has 0 aliphatic heterocycles. The highest BCUT2D eigenvalue weighted by molar-refractivity contribution is 9.24. The smallest absolute Gasteiger partial charge is 0.332 e. The maximum atomic E-state index is 11.3. The lowest BCUT2D eigenvalue weighted by Crippen LogP contribution is -2.18. The lowest BCUT2D eigenvalue weighted by Gasteiger charge is -2.22. The van der Waals surface area contributed by atoms with Gasteiger partial charge in [-0.2, -0.15) is 0 Å². The quantitative estimate of drug-likeness (QED) is 0.383. The summed E-state index contributed by atoms with van der Waals surface area (Å²) in [5.41, 5.74) is 0.684. The zero-order valence-electron chi connectivity index (χ0n) is 9.58. The monoisotopic (exact) mass is 440 g/mol. The number of ether oxygens (including phenoxy) is 2. The van der Waals surface area contributed by atoms with Gasteiger partial charge in [-0.05, 0) is 60.8 Å². The van der Waals surface area contributed by atoms with Crippen molar-refractivity contribution < 1.29 is 14.3 Å². The zero-order valence-corrected chi connectivity index (χ0v) is 14.3. The van der Waals surface area contributed by atoms with Crippen LogP contribution in [-0.4, -0.2) is 12.6 Å². The molecule has 0 aliphatic rings. The minimum absolute atomic E-state index is 0.544. The summed E-state index contributed by atoms with van der Waals surface area (Å²) in [7, 11) is 0. The Balaban J connectivity index is 3.11. The number of rotatable bonds is 5. The summed E-state index contributed by atoms with van der Waals surface area (Å²) in [6, 6.07) is 5.43. The first-order valence-corrected chi connectivity index (χ1v) is 7.45. The Hall–Kier alpha value is -0.330. The van der Waals surface area contributed by atoms with Crippen LogP contribution in [-0.2, 0) is 13.0 Å². The van der Waals surface area contributed by atoms with Gasteiger partial charge in [0.15, 0.2) is 0 Å². The van der Waals surface area contributed by atoms with Crippen molar-refractivity contribution in [1.29, 1.82) is 0 Å². The first-order valence-electron chi connectivity index (χ1n) is 5.07. The summed E-state index contributed by atoms with van der Waals surface area (Å²) < 4.78 is 10.2. The van der Waals surface area contributed by atoms with E-state index in [4.69, 9.17) is 9.47 Å². The van der Waals surface area contributed by atoms with Gasteiger partial charge in [0, 0.05) is 11.6 Å². The molecule has 0 spiro atoms. The predicted molar refractivity (Wildman–Crippen MR) is 81.1 cm³/mol. The Morgan fingerprint density at radius 3 is 2.72 bits per heavy atom. The third kappa shape index (κ3) is 3.83. The summed E-state index contributed by atoms with van der Waals surface area (Å²) >= 11 is 10.0. The van der Waals surface area contributed by atoms with Crippen molar-refractivity contribution in [1.82, 2.24) is 0 Å². The molecular formula is C12H11Br3O3. The lowest BCUT2D eigenvalue weighted by atomic mass is 10.2. The largest absolute Gasteiger partial charge is 0.493 e. The third-order valence-corrected chi connectivity index (χ3v) is 3.97. The van der Waals surface area contributed by atoms with Crippen molar-refractivity contribution in [2.45, 2.75) is 10.3 Å². The molecule has 1 aromatic carbocycles. The summed E-state index contributed by atoms with van der Waals surface area (Å²) in [5, 5.41) is 0. The molecule has 18 heavy (non-hydrogen) atoms. The van der Waals surface area contributed by atoms with E-state index in [1.54, 1.807) is 6.07 Å². The van der Waals surface area contributed by atoms with E-state index in [0.29, 0.717) is 22.4 Å². The highest BCUT2D eigenvalue weighted by atomic mass is 79.9. The van der Waals surface area contributed by atoms with E-state index < -0.39 is 9.39 Å². The van der Waals surface area contributed by atoms with Crippen molar-refractivity contribution in [3.05, 3.63) is 40.9 Å². The average molecular weight is 443 g/mol. The molecule has 0 aliphatic carbocycles. The lowest BCUT2D eigenvalue weighted by molar-refractivity contribution is -0.140. The van der Waals surface area contributed by atoms with Crippen LogP contribution in [0.25, 0.3) is 0 Å². The van der Waals surface area contributed by atoms with Crippen LogP contribution < -0.4 is 4.74 Å². The van der Waals surface area contributed by atoms with E-state index in [9.17, 15) is 4.79 Å². The molecule has 6 heteroatoms. The van der Waals surface area contributed by atoms with E-state index >= 15 is 0 Å². The Bertz CT molecular complexity index is 458. The second-order valence-electron chi connectivity index (χ2n) is 3.19. The van der Waals surface area contributed by atoms with Crippen molar-refractivity contribution in [3.63, 3.8) is 0 Å². The van der Waals surface area contributed by atoms with Gasteiger partial charge in [0.05, 0.1) is 11.1 Å². The Kier molecular flexibility index (Phi) is 5.88. The molecule has 3 nitrogen and oxygen atoms in total. The van der Waals surface area contributed by atoms with Gasteiger partial charge in [-0.1, -0.05) is 18.7 Å². The van der Waals surface area contributed by atoms with Crippen LogP contribution in [0.5, 0.6) is 5.75 Å². The molecule has 0 N–H and O–H groups in total. The molecule has 98 valence electrons. The molecule has 0 aromatic heterocycles. The molecule has 0 unspecified atom stereocenters. The molecule has 1 aromatic rings. The number of carbonyl (C=O) groups excluding carboxylic acids is 1. The standard InChI is InChI=1S/C12H11Br3O3/c1-3-10(16)18-12(14,15)8-6-5-7-9(11(8)13)17-4-2/h3,5-7H,1,4H2,2H3. The van der Waals surface area contributed by atoms with Crippen molar-refractivity contribution >= 4 is 53.8 Å². The SMILES string of the molecule is C=CC(=O)OC(Br)(Br)c1cccc(OCC)c1Br. The van der Waals surface area contributed by atoms with Crippen LogP contribution >= 0.6 is 47.8 Å². The Morgan fingerprint density at radius 1 is 1.50 bits per heavy atom. The second kappa shape index (κ2) is 6.73. The maximum Gasteiger partial charge on any atom is 0.332 e. The first-order chi connectivity index (χ1) is 8.42. The Labute approximate surface area is 131 Å². The Morgan fingerprint density at radius 2 is 2.17 bits per heavy atom. The molecule has 0 atom stereocenters. The van der Waals surface area contributed by atoms with E-state index in [1.807, 2.05) is 19.1 Å². The van der Waals surface area contributed by atoms with Crippen LogP contribution in [0.4, 0.5) is 0 Å². The third-order valence-electron chi connectivity index (χ3n) is 1.97. The van der Waals surface area contributed by atoms with Crippen LogP contribution in [0.2, 0.25) is 0 Å². The van der Waals surface area contributed by atoms with Gasteiger partial charge in [-0.3, -0.25) is 0 Å². The van der Waals surface area contributed by atoms with Gasteiger partial charge in [0.25, 0.3) is 0 Å². The average Bonchev–Trinajstić information content (AvgIpc) is 2.31. The summed E-state index contributed by atoms with van der Waals surface area (Å²) in [4.78, 5) is 11.3. The number of esters is 1. The van der Waals surface area contributed by atoms with Crippen molar-refractivity contribution in [2.24, 2.45) is 0 Å².